The first-order valence-corrected chi connectivity index (χ1v) is 7.90. The first-order valence-electron chi connectivity index (χ1n) is 7.11. The minimum absolute atomic E-state index is 1.02. The van der Waals surface area contributed by atoms with Crippen molar-refractivity contribution in [3.05, 3.63) is 34.3 Å². The van der Waals surface area contributed by atoms with Gasteiger partial charge in [-0.25, -0.2) is 0 Å². The van der Waals surface area contributed by atoms with Crippen molar-refractivity contribution in [2.45, 2.75) is 13.0 Å². The first-order chi connectivity index (χ1) is 9.25. The molecule has 0 aliphatic carbocycles. The van der Waals surface area contributed by atoms with Crippen LogP contribution in [0.2, 0.25) is 0 Å². The molecule has 1 aromatic carbocycles. The van der Waals surface area contributed by atoms with E-state index in [9.17, 15) is 0 Å². The number of hydrogen-bond donors (Lipinski definition) is 1. The summed E-state index contributed by atoms with van der Waals surface area (Å²) in [5.74, 6) is 0. The second-order valence-corrected chi connectivity index (χ2v) is 6.13. The summed E-state index contributed by atoms with van der Waals surface area (Å²) >= 11 is 3.61. The van der Waals surface area contributed by atoms with Gasteiger partial charge in [-0.2, -0.15) is 0 Å². The third-order valence-corrected chi connectivity index (χ3v) is 4.40. The van der Waals surface area contributed by atoms with Crippen LogP contribution < -0.4 is 5.32 Å². The maximum Gasteiger partial charge on any atom is 0.0241 e. The Kier molecular flexibility index (Phi) is 6.31. The van der Waals surface area contributed by atoms with Gasteiger partial charge in [-0.3, -0.25) is 0 Å². The molecule has 0 atom stereocenters. The SMILES string of the molecule is CN(CCCN1CCNCC1)Cc1ccccc1Br. The van der Waals surface area contributed by atoms with Gasteiger partial charge in [0.05, 0.1) is 0 Å². The van der Waals surface area contributed by atoms with E-state index in [4.69, 9.17) is 0 Å². The maximum atomic E-state index is 3.61. The Morgan fingerprint density at radius 3 is 2.74 bits per heavy atom. The van der Waals surface area contributed by atoms with Gasteiger partial charge >= 0.3 is 0 Å². The molecule has 2 rings (SSSR count). The van der Waals surface area contributed by atoms with Crippen molar-refractivity contribution >= 4 is 15.9 Å². The van der Waals surface area contributed by atoms with Crippen molar-refractivity contribution in [2.24, 2.45) is 0 Å². The predicted molar refractivity (Wildman–Crippen MR) is 84.4 cm³/mol. The molecule has 0 amide bonds. The van der Waals surface area contributed by atoms with Crippen LogP contribution in [0.25, 0.3) is 0 Å². The van der Waals surface area contributed by atoms with Crippen LogP contribution in [0.3, 0.4) is 0 Å². The molecule has 0 saturated carbocycles. The smallest absolute Gasteiger partial charge is 0.0241 e. The number of nitrogens with zero attached hydrogens (tertiary/aromatic N) is 2. The number of benzene rings is 1. The molecule has 1 N–H and O–H groups in total. The molecule has 0 radical (unpaired) electrons. The van der Waals surface area contributed by atoms with Crippen LogP contribution >= 0.6 is 15.9 Å². The molecule has 19 heavy (non-hydrogen) atoms. The van der Waals surface area contributed by atoms with Crippen LogP contribution in [0, 0.1) is 0 Å². The predicted octanol–water partition coefficient (Wildman–Crippen LogP) is 2.18. The summed E-state index contributed by atoms with van der Waals surface area (Å²) < 4.78 is 1.21. The summed E-state index contributed by atoms with van der Waals surface area (Å²) in [4.78, 5) is 4.96. The van der Waals surface area contributed by atoms with Gasteiger partial charge in [0.15, 0.2) is 0 Å². The monoisotopic (exact) mass is 325 g/mol. The highest BCUT2D eigenvalue weighted by Gasteiger charge is 2.09. The topological polar surface area (TPSA) is 18.5 Å². The Labute approximate surface area is 125 Å². The largest absolute Gasteiger partial charge is 0.314 e. The lowest BCUT2D eigenvalue weighted by Crippen LogP contribution is -2.44. The molecule has 0 spiro atoms. The molecule has 106 valence electrons. The van der Waals surface area contributed by atoms with E-state index < -0.39 is 0 Å². The summed E-state index contributed by atoms with van der Waals surface area (Å²) in [5, 5.41) is 3.40. The lowest BCUT2D eigenvalue weighted by molar-refractivity contribution is 0.220. The molecule has 0 aromatic heterocycles. The highest BCUT2D eigenvalue weighted by molar-refractivity contribution is 9.10. The average molecular weight is 326 g/mol. The number of hydrogen-bond acceptors (Lipinski definition) is 3. The Balaban J connectivity index is 1.67. The summed E-state index contributed by atoms with van der Waals surface area (Å²) in [5.41, 5.74) is 1.37. The minimum Gasteiger partial charge on any atom is -0.314 e. The first kappa shape index (κ1) is 15.0. The Hall–Kier alpha value is -0.420. The second kappa shape index (κ2) is 8.00. The Morgan fingerprint density at radius 1 is 1.26 bits per heavy atom. The van der Waals surface area contributed by atoms with E-state index in [0.717, 1.165) is 26.2 Å². The molecule has 4 heteroatoms. The van der Waals surface area contributed by atoms with Gasteiger partial charge in [0, 0.05) is 37.2 Å². The van der Waals surface area contributed by atoms with Crippen molar-refractivity contribution < 1.29 is 0 Å². The van der Waals surface area contributed by atoms with Crippen molar-refractivity contribution in [2.75, 3.05) is 46.3 Å². The van der Waals surface area contributed by atoms with Crippen LogP contribution in [0.15, 0.2) is 28.7 Å². The minimum atomic E-state index is 1.02. The van der Waals surface area contributed by atoms with Gasteiger partial charge in [0.2, 0.25) is 0 Å². The van der Waals surface area contributed by atoms with Gasteiger partial charge < -0.3 is 15.1 Å². The lowest BCUT2D eigenvalue weighted by Gasteiger charge is -2.28. The Morgan fingerprint density at radius 2 is 2.00 bits per heavy atom. The van der Waals surface area contributed by atoms with Crippen LogP contribution in [0.1, 0.15) is 12.0 Å². The van der Waals surface area contributed by atoms with E-state index in [1.807, 2.05) is 0 Å². The third kappa shape index (κ3) is 5.22. The summed E-state index contributed by atoms with van der Waals surface area (Å²) in [7, 11) is 2.21. The molecular weight excluding hydrogens is 302 g/mol. The third-order valence-electron chi connectivity index (χ3n) is 3.62. The summed E-state index contributed by atoms with van der Waals surface area (Å²) in [6, 6.07) is 8.48. The molecular formula is C15H24BrN3. The van der Waals surface area contributed by atoms with Gasteiger partial charge in [-0.05, 0) is 38.2 Å². The molecule has 3 nitrogen and oxygen atoms in total. The summed E-state index contributed by atoms with van der Waals surface area (Å²) in [6.07, 6.45) is 1.25. The number of nitrogens with one attached hydrogen (secondary N) is 1. The zero-order valence-corrected chi connectivity index (χ0v) is 13.3. The van der Waals surface area contributed by atoms with Crippen molar-refractivity contribution in [1.82, 2.24) is 15.1 Å². The van der Waals surface area contributed by atoms with Crippen molar-refractivity contribution in [3.8, 4) is 0 Å². The molecule has 0 unspecified atom stereocenters. The van der Waals surface area contributed by atoms with E-state index in [1.54, 1.807) is 0 Å². The van der Waals surface area contributed by atoms with E-state index in [0.29, 0.717) is 0 Å². The van der Waals surface area contributed by atoms with Crippen LogP contribution in [-0.2, 0) is 6.54 Å². The molecule has 1 heterocycles. The number of halogens is 1. The molecule has 0 bridgehead atoms. The van der Waals surface area contributed by atoms with E-state index >= 15 is 0 Å². The molecule has 1 saturated heterocycles. The molecule has 1 aliphatic rings. The fourth-order valence-electron chi connectivity index (χ4n) is 2.50. The van der Waals surface area contributed by atoms with E-state index in [2.05, 4.69) is 62.4 Å². The average Bonchev–Trinajstić information content (AvgIpc) is 2.43. The van der Waals surface area contributed by atoms with Gasteiger partial charge in [0.25, 0.3) is 0 Å². The highest BCUT2D eigenvalue weighted by Crippen LogP contribution is 2.17. The van der Waals surface area contributed by atoms with E-state index in [1.165, 1.54) is 36.1 Å². The van der Waals surface area contributed by atoms with Crippen molar-refractivity contribution in [1.29, 1.82) is 0 Å². The zero-order chi connectivity index (χ0) is 13.5. The fraction of sp³-hybridized carbons (Fsp3) is 0.600. The molecule has 1 aliphatic heterocycles. The highest BCUT2D eigenvalue weighted by atomic mass is 79.9. The second-order valence-electron chi connectivity index (χ2n) is 5.27. The van der Waals surface area contributed by atoms with Gasteiger partial charge in [0.1, 0.15) is 0 Å². The van der Waals surface area contributed by atoms with Crippen LogP contribution in [0.5, 0.6) is 0 Å². The van der Waals surface area contributed by atoms with Crippen molar-refractivity contribution in [3.63, 3.8) is 0 Å². The zero-order valence-electron chi connectivity index (χ0n) is 11.7. The Bertz CT molecular complexity index is 377. The quantitative estimate of drug-likeness (QED) is 0.864. The van der Waals surface area contributed by atoms with Gasteiger partial charge in [-0.1, -0.05) is 34.1 Å². The molecule has 1 fully saturated rings. The van der Waals surface area contributed by atoms with Gasteiger partial charge in [-0.15, -0.1) is 0 Å². The lowest BCUT2D eigenvalue weighted by atomic mass is 10.2. The number of piperazine rings is 1. The normalized spacial score (nSPS) is 17.0. The summed E-state index contributed by atoms with van der Waals surface area (Å²) in [6.45, 7) is 8.09. The van der Waals surface area contributed by atoms with E-state index in [-0.39, 0.29) is 0 Å². The standard InChI is InChI=1S/C15H24BrN3/c1-18(13-14-5-2-3-6-15(14)16)9-4-10-19-11-7-17-8-12-19/h2-3,5-6,17H,4,7-13H2,1H3. The fourth-order valence-corrected chi connectivity index (χ4v) is 2.91. The maximum absolute atomic E-state index is 3.61. The number of rotatable bonds is 6. The van der Waals surface area contributed by atoms with Crippen LogP contribution in [-0.4, -0.2) is 56.1 Å². The van der Waals surface area contributed by atoms with Crippen LogP contribution in [0.4, 0.5) is 0 Å². The molecule has 1 aromatic rings.